The Bertz CT molecular complexity index is 1090. The smallest absolute Gasteiger partial charge is 0.227 e. The summed E-state index contributed by atoms with van der Waals surface area (Å²) in [5, 5.41) is 2.19. The van der Waals surface area contributed by atoms with E-state index in [2.05, 4.69) is 56.3 Å². The number of aryl methyl sites for hydroxylation is 2. The van der Waals surface area contributed by atoms with E-state index in [9.17, 15) is 0 Å². The van der Waals surface area contributed by atoms with E-state index in [-0.39, 0.29) is 0 Å². The average Bonchev–Trinajstić information content (AvgIpc) is 2.66. The van der Waals surface area contributed by atoms with E-state index < -0.39 is 0 Å². The molecular formula is C23H19NO. The van der Waals surface area contributed by atoms with Crippen LogP contribution >= 0.6 is 0 Å². The first kappa shape index (κ1) is 15.4. The molecule has 0 aliphatic heterocycles. The van der Waals surface area contributed by atoms with Crippen LogP contribution < -0.4 is 5.55 Å². The monoisotopic (exact) mass is 325 g/mol. The molecular weight excluding hydrogens is 306 g/mol. The second-order valence-electron chi connectivity index (χ2n) is 6.22. The topological polar surface area (TPSA) is 25.5 Å². The number of benzene rings is 3. The Kier molecular flexibility index (Phi) is 3.95. The first-order valence-electron chi connectivity index (χ1n) is 8.41. The molecule has 0 aliphatic rings. The van der Waals surface area contributed by atoms with Crippen molar-refractivity contribution in [3.8, 4) is 11.3 Å². The van der Waals surface area contributed by atoms with Gasteiger partial charge in [-0.15, -0.1) is 0 Å². The zero-order valence-corrected chi connectivity index (χ0v) is 14.4. The fourth-order valence-electron chi connectivity index (χ4n) is 3.03. The van der Waals surface area contributed by atoms with E-state index in [0.717, 1.165) is 28.0 Å². The first-order chi connectivity index (χ1) is 12.2. The summed E-state index contributed by atoms with van der Waals surface area (Å²) in [5.41, 5.74) is 4.94. The summed E-state index contributed by atoms with van der Waals surface area (Å²) >= 11 is 0. The van der Waals surface area contributed by atoms with E-state index in [0.29, 0.717) is 5.55 Å². The quantitative estimate of drug-likeness (QED) is 0.447. The van der Waals surface area contributed by atoms with Crippen molar-refractivity contribution in [2.75, 3.05) is 0 Å². The van der Waals surface area contributed by atoms with Crippen molar-refractivity contribution in [2.45, 2.75) is 13.8 Å². The van der Waals surface area contributed by atoms with E-state index in [1.54, 1.807) is 0 Å². The number of fused-ring (bicyclic) bond motifs is 1. The van der Waals surface area contributed by atoms with Gasteiger partial charge in [0.1, 0.15) is 5.76 Å². The van der Waals surface area contributed by atoms with Crippen LogP contribution in [-0.4, -0.2) is 0 Å². The predicted molar refractivity (Wildman–Crippen MR) is 103 cm³/mol. The molecule has 0 saturated carbocycles. The summed E-state index contributed by atoms with van der Waals surface area (Å²) in [6.07, 6.45) is 0. The van der Waals surface area contributed by atoms with Gasteiger partial charge in [0, 0.05) is 16.5 Å². The van der Waals surface area contributed by atoms with Gasteiger partial charge in [0.2, 0.25) is 5.55 Å². The van der Waals surface area contributed by atoms with Crippen LogP contribution in [0.2, 0.25) is 0 Å². The van der Waals surface area contributed by atoms with Crippen LogP contribution in [0, 0.1) is 13.8 Å². The Hall–Kier alpha value is -3.13. The van der Waals surface area contributed by atoms with E-state index in [4.69, 9.17) is 9.41 Å². The van der Waals surface area contributed by atoms with Gasteiger partial charge >= 0.3 is 0 Å². The molecule has 25 heavy (non-hydrogen) atoms. The van der Waals surface area contributed by atoms with Gasteiger partial charge in [-0.3, -0.25) is 0 Å². The first-order valence-corrected chi connectivity index (χ1v) is 8.41. The Morgan fingerprint density at radius 1 is 0.680 bits per heavy atom. The molecule has 4 rings (SSSR count). The molecule has 4 aromatic rings. The Morgan fingerprint density at radius 2 is 1.32 bits per heavy atom. The molecule has 0 radical (unpaired) electrons. The van der Waals surface area contributed by atoms with Crippen molar-refractivity contribution in [1.29, 1.82) is 0 Å². The van der Waals surface area contributed by atoms with Gasteiger partial charge in [-0.1, -0.05) is 66.2 Å². The lowest BCUT2D eigenvalue weighted by Gasteiger charge is -2.09. The van der Waals surface area contributed by atoms with Crippen molar-refractivity contribution in [1.82, 2.24) is 0 Å². The van der Waals surface area contributed by atoms with Gasteiger partial charge in [0.25, 0.3) is 0 Å². The van der Waals surface area contributed by atoms with Crippen LogP contribution in [0.5, 0.6) is 0 Å². The van der Waals surface area contributed by atoms with Crippen LogP contribution in [0.3, 0.4) is 0 Å². The lowest BCUT2D eigenvalue weighted by molar-refractivity contribution is 0.517. The second-order valence-corrected chi connectivity index (χ2v) is 6.22. The summed E-state index contributed by atoms with van der Waals surface area (Å²) in [7, 11) is 0. The SMILES string of the molecule is Cc1ccc(N=c2oc(-c3ccccc3)c(C)c3ccccc23)cc1. The van der Waals surface area contributed by atoms with Crippen molar-refractivity contribution >= 4 is 16.5 Å². The minimum atomic E-state index is 0.643. The Morgan fingerprint density at radius 3 is 2.04 bits per heavy atom. The van der Waals surface area contributed by atoms with E-state index >= 15 is 0 Å². The maximum Gasteiger partial charge on any atom is 0.227 e. The molecule has 2 heteroatoms. The Labute approximate surface area is 147 Å². The second kappa shape index (κ2) is 6.40. The molecule has 0 aliphatic carbocycles. The van der Waals surface area contributed by atoms with Crippen LogP contribution in [0.15, 0.2) is 88.3 Å². The summed E-state index contributed by atoms with van der Waals surface area (Å²) in [6, 6.07) is 26.6. The van der Waals surface area contributed by atoms with Crippen molar-refractivity contribution in [2.24, 2.45) is 4.99 Å². The molecule has 0 atom stereocenters. The molecule has 2 nitrogen and oxygen atoms in total. The molecule has 0 amide bonds. The number of hydrogen-bond donors (Lipinski definition) is 0. The van der Waals surface area contributed by atoms with Crippen LogP contribution in [-0.2, 0) is 0 Å². The highest BCUT2D eigenvalue weighted by Crippen LogP contribution is 2.27. The summed E-state index contributed by atoms with van der Waals surface area (Å²) < 4.78 is 6.28. The Balaban J connectivity index is 2.03. The molecule has 3 aromatic carbocycles. The summed E-state index contributed by atoms with van der Waals surface area (Å²) in [6.45, 7) is 4.17. The lowest BCUT2D eigenvalue weighted by Crippen LogP contribution is -2.05. The molecule has 0 bridgehead atoms. The third kappa shape index (κ3) is 2.99. The van der Waals surface area contributed by atoms with Gasteiger partial charge < -0.3 is 4.42 Å². The van der Waals surface area contributed by atoms with Crippen LogP contribution in [0.25, 0.3) is 22.1 Å². The highest BCUT2D eigenvalue weighted by molar-refractivity contribution is 5.88. The molecule has 0 fully saturated rings. The number of hydrogen-bond acceptors (Lipinski definition) is 2. The molecule has 122 valence electrons. The predicted octanol–water partition coefficient (Wildman–Crippen LogP) is 5.95. The average molecular weight is 325 g/mol. The van der Waals surface area contributed by atoms with Gasteiger partial charge in [-0.2, -0.15) is 0 Å². The molecule has 1 aromatic heterocycles. The molecule has 0 saturated heterocycles. The third-order valence-electron chi connectivity index (χ3n) is 4.40. The van der Waals surface area contributed by atoms with Crippen LogP contribution in [0.1, 0.15) is 11.1 Å². The highest BCUT2D eigenvalue weighted by Gasteiger charge is 2.10. The van der Waals surface area contributed by atoms with Crippen LogP contribution in [0.4, 0.5) is 5.69 Å². The van der Waals surface area contributed by atoms with Gasteiger partial charge in [0.15, 0.2) is 0 Å². The molecule has 0 spiro atoms. The van der Waals surface area contributed by atoms with Crippen molar-refractivity contribution < 1.29 is 4.42 Å². The van der Waals surface area contributed by atoms with Gasteiger partial charge in [0.05, 0.1) is 5.69 Å². The number of nitrogens with zero attached hydrogens (tertiary/aromatic N) is 1. The highest BCUT2D eigenvalue weighted by atomic mass is 16.3. The standard InChI is InChI=1S/C23H19NO/c1-16-12-14-19(15-13-16)24-23-21-11-7-6-10-20(21)17(2)22(25-23)18-8-4-3-5-9-18/h3-15H,1-2H3. The molecule has 0 N–H and O–H groups in total. The van der Waals surface area contributed by atoms with Gasteiger partial charge in [-0.05, 0) is 37.4 Å². The minimum Gasteiger partial charge on any atom is -0.437 e. The third-order valence-corrected chi connectivity index (χ3v) is 4.40. The van der Waals surface area contributed by atoms with E-state index in [1.807, 2.05) is 36.4 Å². The zero-order valence-electron chi connectivity index (χ0n) is 14.4. The lowest BCUT2D eigenvalue weighted by atomic mass is 10.0. The molecule has 0 unspecified atom stereocenters. The van der Waals surface area contributed by atoms with E-state index in [1.165, 1.54) is 10.9 Å². The number of rotatable bonds is 2. The fraction of sp³-hybridized carbons (Fsp3) is 0.0870. The fourth-order valence-corrected chi connectivity index (χ4v) is 3.03. The zero-order chi connectivity index (χ0) is 17.2. The van der Waals surface area contributed by atoms with Crippen molar-refractivity contribution in [3.05, 3.63) is 95.5 Å². The minimum absolute atomic E-state index is 0.643. The van der Waals surface area contributed by atoms with Crippen molar-refractivity contribution in [3.63, 3.8) is 0 Å². The normalized spacial score (nSPS) is 11.8. The summed E-state index contributed by atoms with van der Waals surface area (Å²) in [5.74, 6) is 0.866. The molecule has 1 heterocycles. The largest absolute Gasteiger partial charge is 0.437 e. The van der Waals surface area contributed by atoms with Gasteiger partial charge in [-0.25, -0.2) is 4.99 Å². The maximum atomic E-state index is 6.28. The summed E-state index contributed by atoms with van der Waals surface area (Å²) in [4.78, 5) is 4.77. The maximum absolute atomic E-state index is 6.28.